The number of piperidine rings is 1. The van der Waals surface area contributed by atoms with Crippen LogP contribution in [0.5, 0.6) is 0 Å². The third kappa shape index (κ3) is 2.52. The van der Waals surface area contributed by atoms with E-state index in [1.54, 1.807) is 0 Å². The summed E-state index contributed by atoms with van der Waals surface area (Å²) in [6.45, 7) is 1.96. The third-order valence-electron chi connectivity index (χ3n) is 2.31. The van der Waals surface area contributed by atoms with Crippen molar-refractivity contribution in [1.29, 1.82) is 0 Å². The molecule has 1 atom stereocenters. The molecule has 0 bridgehead atoms. The van der Waals surface area contributed by atoms with Crippen molar-refractivity contribution in [2.75, 3.05) is 13.1 Å². The second kappa shape index (κ2) is 4.52. The van der Waals surface area contributed by atoms with Gasteiger partial charge in [-0.05, 0) is 5.92 Å². The van der Waals surface area contributed by atoms with E-state index in [9.17, 15) is 14.7 Å². The Kier molecular flexibility index (Phi) is 3.60. The molecule has 1 heterocycles. The zero-order chi connectivity index (χ0) is 10.7. The van der Waals surface area contributed by atoms with E-state index in [0.717, 1.165) is 4.90 Å². The molecule has 0 aromatic heterocycles. The molecule has 3 N–H and O–H groups in total. The Labute approximate surface area is 82.9 Å². The van der Waals surface area contributed by atoms with Crippen LogP contribution in [-0.2, 0) is 9.59 Å². The molecule has 2 amide bonds. The number of hydrogen-bond donors (Lipinski definition) is 2. The molecule has 14 heavy (non-hydrogen) atoms. The lowest BCUT2D eigenvalue weighted by molar-refractivity contribution is -0.151. The second-order valence-electron chi connectivity index (χ2n) is 3.80. The number of carbonyl (C=O) groups is 2. The first-order valence-electron chi connectivity index (χ1n) is 4.76. The smallest absolute Gasteiger partial charge is 0.229 e. The molecule has 1 rings (SSSR count). The minimum absolute atomic E-state index is 0.0287. The van der Waals surface area contributed by atoms with Gasteiger partial charge in [0.1, 0.15) is 0 Å². The summed E-state index contributed by atoms with van der Waals surface area (Å²) >= 11 is 0. The summed E-state index contributed by atoms with van der Waals surface area (Å²) in [6.07, 6.45) is -0.0530. The number of imide groups is 1. The molecule has 1 aliphatic rings. The molecule has 0 unspecified atom stereocenters. The van der Waals surface area contributed by atoms with E-state index in [0.29, 0.717) is 12.8 Å². The quantitative estimate of drug-likeness (QED) is 0.578. The van der Waals surface area contributed by atoms with Gasteiger partial charge in [0.15, 0.2) is 0 Å². The van der Waals surface area contributed by atoms with Gasteiger partial charge < -0.3 is 10.8 Å². The molecule has 5 nitrogen and oxygen atoms in total. The van der Waals surface area contributed by atoms with Crippen LogP contribution < -0.4 is 5.73 Å². The lowest BCUT2D eigenvalue weighted by Crippen LogP contribution is -2.47. The minimum Gasteiger partial charge on any atom is -0.390 e. The molecule has 0 saturated carbocycles. The Balaban J connectivity index is 2.59. The summed E-state index contributed by atoms with van der Waals surface area (Å²) < 4.78 is 0. The molecular weight excluding hydrogens is 184 g/mol. The predicted molar refractivity (Wildman–Crippen MR) is 50.2 cm³/mol. The van der Waals surface area contributed by atoms with E-state index in [4.69, 9.17) is 5.73 Å². The number of aliphatic hydroxyl groups excluding tert-OH is 1. The van der Waals surface area contributed by atoms with Crippen LogP contribution in [-0.4, -0.2) is 41.0 Å². The van der Waals surface area contributed by atoms with Gasteiger partial charge in [-0.1, -0.05) is 6.92 Å². The topological polar surface area (TPSA) is 83.6 Å². The molecule has 80 valence electrons. The van der Waals surface area contributed by atoms with Gasteiger partial charge in [-0.3, -0.25) is 14.5 Å². The van der Waals surface area contributed by atoms with Gasteiger partial charge in [0, 0.05) is 19.4 Å². The van der Waals surface area contributed by atoms with Gasteiger partial charge >= 0.3 is 0 Å². The number of nitrogens with two attached hydrogens (primary N) is 1. The van der Waals surface area contributed by atoms with Crippen LogP contribution in [0.3, 0.4) is 0 Å². The van der Waals surface area contributed by atoms with Crippen LogP contribution in [0.4, 0.5) is 0 Å². The molecular formula is C9H16N2O3. The van der Waals surface area contributed by atoms with Crippen molar-refractivity contribution < 1.29 is 14.7 Å². The molecule has 0 aliphatic carbocycles. The number of rotatable bonds is 3. The summed E-state index contributed by atoms with van der Waals surface area (Å²) in [5, 5.41) is 9.24. The van der Waals surface area contributed by atoms with E-state index in [1.807, 2.05) is 6.92 Å². The van der Waals surface area contributed by atoms with Crippen LogP contribution in [0.1, 0.15) is 19.8 Å². The maximum atomic E-state index is 11.4. The minimum atomic E-state index is -0.809. The highest BCUT2D eigenvalue weighted by Crippen LogP contribution is 2.18. The number of aliphatic hydroxyl groups is 1. The first-order valence-corrected chi connectivity index (χ1v) is 4.76. The third-order valence-corrected chi connectivity index (χ3v) is 2.31. The maximum absolute atomic E-state index is 11.4. The van der Waals surface area contributed by atoms with Crippen molar-refractivity contribution in [3.63, 3.8) is 0 Å². The summed E-state index contributed by atoms with van der Waals surface area (Å²) in [4.78, 5) is 23.9. The highest BCUT2D eigenvalue weighted by atomic mass is 16.3. The van der Waals surface area contributed by atoms with Gasteiger partial charge in [0.25, 0.3) is 0 Å². The van der Waals surface area contributed by atoms with E-state index in [-0.39, 0.29) is 30.8 Å². The summed E-state index contributed by atoms with van der Waals surface area (Å²) in [7, 11) is 0. The highest BCUT2D eigenvalue weighted by molar-refractivity contribution is 5.97. The Bertz CT molecular complexity index is 224. The highest BCUT2D eigenvalue weighted by Gasteiger charge is 2.31. The molecule has 1 aliphatic heterocycles. The number of carbonyl (C=O) groups excluding carboxylic acids is 2. The predicted octanol–water partition coefficient (Wildman–Crippen LogP) is -0.909. The number of hydrogen-bond acceptors (Lipinski definition) is 4. The summed E-state index contributed by atoms with van der Waals surface area (Å²) in [5.41, 5.74) is 5.21. The van der Waals surface area contributed by atoms with Gasteiger partial charge in [-0.2, -0.15) is 0 Å². The summed E-state index contributed by atoms with van der Waals surface area (Å²) in [6, 6.07) is 0. The average molecular weight is 200 g/mol. The average Bonchev–Trinajstić information content (AvgIpc) is 2.10. The van der Waals surface area contributed by atoms with Crippen LogP contribution in [0.2, 0.25) is 0 Å². The second-order valence-corrected chi connectivity index (χ2v) is 3.80. The lowest BCUT2D eigenvalue weighted by Gasteiger charge is -2.29. The maximum Gasteiger partial charge on any atom is 0.229 e. The van der Waals surface area contributed by atoms with Crippen molar-refractivity contribution in [2.45, 2.75) is 25.9 Å². The van der Waals surface area contributed by atoms with Crippen LogP contribution in [0.25, 0.3) is 0 Å². The van der Waals surface area contributed by atoms with Crippen molar-refractivity contribution in [2.24, 2.45) is 11.7 Å². The molecule has 1 fully saturated rings. The molecule has 0 spiro atoms. The number of nitrogens with zero attached hydrogens (tertiary/aromatic N) is 1. The van der Waals surface area contributed by atoms with Gasteiger partial charge in [-0.25, -0.2) is 0 Å². The first kappa shape index (κ1) is 11.1. The zero-order valence-corrected chi connectivity index (χ0v) is 8.27. The van der Waals surface area contributed by atoms with E-state index in [2.05, 4.69) is 0 Å². The number of amides is 2. The van der Waals surface area contributed by atoms with Crippen LogP contribution in [0.15, 0.2) is 0 Å². The number of β-amino-alcohol motifs (C(OH)–C–C–N with tert-alkyl or cyclic N) is 1. The Hall–Kier alpha value is -0.940. The number of likely N-dealkylation sites (tertiary alicyclic amines) is 1. The van der Waals surface area contributed by atoms with Crippen molar-refractivity contribution in [1.82, 2.24) is 4.90 Å². The Morgan fingerprint density at radius 3 is 2.43 bits per heavy atom. The van der Waals surface area contributed by atoms with Gasteiger partial charge in [0.2, 0.25) is 11.8 Å². The van der Waals surface area contributed by atoms with Crippen LogP contribution >= 0.6 is 0 Å². The largest absolute Gasteiger partial charge is 0.390 e. The van der Waals surface area contributed by atoms with E-state index >= 15 is 0 Å². The van der Waals surface area contributed by atoms with E-state index < -0.39 is 6.10 Å². The molecule has 0 radical (unpaired) electrons. The van der Waals surface area contributed by atoms with E-state index in [1.165, 1.54) is 0 Å². The van der Waals surface area contributed by atoms with Crippen molar-refractivity contribution >= 4 is 11.8 Å². The summed E-state index contributed by atoms with van der Waals surface area (Å²) in [5.74, 6) is -0.302. The fourth-order valence-electron chi connectivity index (χ4n) is 1.52. The fourth-order valence-corrected chi connectivity index (χ4v) is 1.52. The molecule has 0 aromatic carbocycles. The molecule has 5 heteroatoms. The molecule has 0 aromatic rings. The standard InChI is InChI=1S/C9H16N2O3/c1-6-2-8(13)11(9(14)3-6)5-7(12)4-10/h6-7,12H,2-5,10H2,1H3/t7-/m0/s1. The lowest BCUT2D eigenvalue weighted by atomic mass is 9.97. The molecule has 1 saturated heterocycles. The van der Waals surface area contributed by atoms with Crippen LogP contribution in [0, 0.1) is 5.92 Å². The SMILES string of the molecule is CC1CC(=O)N(C[C@@H](O)CN)C(=O)C1. The van der Waals surface area contributed by atoms with Gasteiger partial charge in [-0.15, -0.1) is 0 Å². The zero-order valence-electron chi connectivity index (χ0n) is 8.27. The van der Waals surface area contributed by atoms with Gasteiger partial charge in [0.05, 0.1) is 12.6 Å². The van der Waals surface area contributed by atoms with Crippen molar-refractivity contribution in [3.8, 4) is 0 Å². The Morgan fingerprint density at radius 2 is 2.00 bits per heavy atom. The first-order chi connectivity index (χ1) is 6.54. The van der Waals surface area contributed by atoms with Crippen molar-refractivity contribution in [3.05, 3.63) is 0 Å². The normalized spacial score (nSPS) is 21.5. The monoisotopic (exact) mass is 200 g/mol. The Morgan fingerprint density at radius 1 is 1.50 bits per heavy atom. The fraction of sp³-hybridized carbons (Fsp3) is 0.778.